The Morgan fingerprint density at radius 3 is 1.25 bits per heavy atom. The van der Waals surface area contributed by atoms with Crippen LogP contribution >= 0.6 is 23.2 Å². The molecule has 0 fully saturated rings. The summed E-state index contributed by atoms with van der Waals surface area (Å²) in [7, 11) is -3.26. The molecule has 0 heterocycles. The molecule has 0 aliphatic rings. The molecule has 0 aromatic heterocycles. The van der Waals surface area contributed by atoms with Crippen LogP contribution in [-0.2, 0) is 0 Å². The Balaban J connectivity index is 2.42. The van der Waals surface area contributed by atoms with Crippen LogP contribution < -0.4 is 10.9 Å². The van der Waals surface area contributed by atoms with E-state index in [2.05, 4.69) is 0 Å². The molecule has 0 bridgehead atoms. The first kappa shape index (κ1) is 15.4. The van der Waals surface area contributed by atoms with Crippen LogP contribution in [0.3, 0.4) is 0 Å². The van der Waals surface area contributed by atoms with Crippen LogP contribution in [0.5, 0.6) is 0 Å². The molecule has 2 aromatic carbocycles. The van der Waals surface area contributed by atoms with Crippen LogP contribution in [0.25, 0.3) is 11.1 Å². The SMILES string of the molecule is OB(O)c1ccc(-c2ccc(B(O)O)c(Cl)c2)cc1Cl. The fourth-order valence-electron chi connectivity index (χ4n) is 1.83. The maximum Gasteiger partial charge on any atom is 0.489 e. The van der Waals surface area contributed by atoms with Crippen LogP contribution in [-0.4, -0.2) is 34.3 Å². The second-order valence-electron chi connectivity index (χ2n) is 4.22. The Morgan fingerprint density at radius 1 is 0.650 bits per heavy atom. The van der Waals surface area contributed by atoms with Gasteiger partial charge in [0.25, 0.3) is 0 Å². The van der Waals surface area contributed by atoms with Crippen molar-refractivity contribution in [3.05, 3.63) is 46.4 Å². The molecule has 0 saturated carbocycles. The van der Waals surface area contributed by atoms with Crippen molar-refractivity contribution >= 4 is 48.4 Å². The van der Waals surface area contributed by atoms with Crippen LogP contribution in [0.1, 0.15) is 0 Å². The van der Waals surface area contributed by atoms with E-state index in [-0.39, 0.29) is 21.0 Å². The van der Waals surface area contributed by atoms with Crippen molar-refractivity contribution in [3.63, 3.8) is 0 Å². The molecule has 0 aliphatic heterocycles. The first-order chi connectivity index (χ1) is 9.40. The first-order valence-electron chi connectivity index (χ1n) is 5.71. The fraction of sp³-hybridized carbons (Fsp3) is 0. The minimum atomic E-state index is -1.63. The minimum Gasteiger partial charge on any atom is -0.423 e. The monoisotopic (exact) mass is 310 g/mol. The molecule has 0 radical (unpaired) electrons. The van der Waals surface area contributed by atoms with Crippen LogP contribution in [0.15, 0.2) is 36.4 Å². The quantitative estimate of drug-likeness (QED) is 0.603. The Bertz CT molecular complexity index is 579. The minimum absolute atomic E-state index is 0.212. The van der Waals surface area contributed by atoms with E-state index in [1.165, 1.54) is 12.1 Å². The summed E-state index contributed by atoms with van der Waals surface area (Å²) in [6, 6.07) is 9.51. The normalized spacial score (nSPS) is 10.5. The zero-order chi connectivity index (χ0) is 14.9. The lowest BCUT2D eigenvalue weighted by Crippen LogP contribution is -2.31. The Kier molecular flexibility index (Phi) is 4.75. The first-order valence-corrected chi connectivity index (χ1v) is 6.47. The molecule has 2 aromatic rings. The molecular weight excluding hydrogens is 301 g/mol. The summed E-state index contributed by atoms with van der Waals surface area (Å²) in [4.78, 5) is 0. The molecule has 2 rings (SSSR count). The third kappa shape index (κ3) is 3.17. The lowest BCUT2D eigenvalue weighted by Gasteiger charge is -2.09. The summed E-state index contributed by atoms with van der Waals surface area (Å²) in [6.45, 7) is 0. The van der Waals surface area contributed by atoms with Gasteiger partial charge in [0.2, 0.25) is 0 Å². The van der Waals surface area contributed by atoms with Gasteiger partial charge in [-0.25, -0.2) is 0 Å². The summed E-state index contributed by atoms with van der Waals surface area (Å²) >= 11 is 11.9. The van der Waals surface area contributed by atoms with E-state index in [1.807, 2.05) is 0 Å². The summed E-state index contributed by atoms with van der Waals surface area (Å²) in [5.74, 6) is 0. The lowest BCUT2D eigenvalue weighted by atomic mass is 9.78. The molecule has 0 spiro atoms. The molecule has 0 unspecified atom stereocenters. The van der Waals surface area contributed by atoms with E-state index < -0.39 is 14.2 Å². The van der Waals surface area contributed by atoms with Gasteiger partial charge in [0.1, 0.15) is 0 Å². The highest BCUT2D eigenvalue weighted by Gasteiger charge is 2.17. The summed E-state index contributed by atoms with van der Waals surface area (Å²) < 4.78 is 0. The largest absolute Gasteiger partial charge is 0.489 e. The van der Waals surface area contributed by atoms with Crippen molar-refractivity contribution in [3.8, 4) is 11.1 Å². The van der Waals surface area contributed by atoms with Gasteiger partial charge in [0.05, 0.1) is 0 Å². The fourth-order valence-corrected chi connectivity index (χ4v) is 2.39. The zero-order valence-electron chi connectivity index (χ0n) is 10.2. The Morgan fingerprint density at radius 2 is 1.00 bits per heavy atom. The van der Waals surface area contributed by atoms with E-state index in [0.717, 1.165) is 11.1 Å². The summed E-state index contributed by atoms with van der Waals surface area (Å²) in [5, 5.41) is 36.9. The Hall–Kier alpha value is -1.01. The number of hydrogen-bond acceptors (Lipinski definition) is 4. The molecule has 8 heteroatoms. The van der Waals surface area contributed by atoms with Crippen LogP contribution in [0, 0.1) is 0 Å². The van der Waals surface area contributed by atoms with Gasteiger partial charge in [0, 0.05) is 21.0 Å². The predicted octanol–water partition coefficient (Wildman–Crippen LogP) is 0.0200. The third-order valence-electron chi connectivity index (χ3n) is 2.89. The average molecular weight is 311 g/mol. The standard InChI is InChI=1S/C12H10B2Cl2O4/c15-11-5-7(1-3-9(11)13(17)18)8-2-4-10(14(19)20)12(16)6-8/h1-6,17-20H. The van der Waals surface area contributed by atoms with Gasteiger partial charge in [0.15, 0.2) is 0 Å². The van der Waals surface area contributed by atoms with Crippen LogP contribution in [0.4, 0.5) is 0 Å². The molecule has 0 saturated heterocycles. The topological polar surface area (TPSA) is 80.9 Å². The zero-order valence-corrected chi connectivity index (χ0v) is 11.7. The molecule has 0 atom stereocenters. The molecule has 0 amide bonds. The number of halogens is 2. The van der Waals surface area contributed by atoms with Crippen LogP contribution in [0.2, 0.25) is 10.0 Å². The summed E-state index contributed by atoms with van der Waals surface area (Å²) in [5.41, 5.74) is 1.87. The van der Waals surface area contributed by atoms with Gasteiger partial charge in [-0.1, -0.05) is 47.5 Å². The summed E-state index contributed by atoms with van der Waals surface area (Å²) in [6.07, 6.45) is 0. The number of hydrogen-bond donors (Lipinski definition) is 4. The second kappa shape index (κ2) is 6.18. The van der Waals surface area contributed by atoms with Gasteiger partial charge in [-0.3, -0.25) is 0 Å². The average Bonchev–Trinajstić information content (AvgIpc) is 2.37. The number of benzene rings is 2. The predicted molar refractivity (Wildman–Crippen MR) is 81.5 cm³/mol. The lowest BCUT2D eigenvalue weighted by molar-refractivity contribution is 0.424. The molecule has 20 heavy (non-hydrogen) atoms. The smallest absolute Gasteiger partial charge is 0.423 e. The van der Waals surface area contributed by atoms with Gasteiger partial charge >= 0.3 is 14.2 Å². The Labute approximate surface area is 126 Å². The highest BCUT2D eigenvalue weighted by Crippen LogP contribution is 2.24. The van der Waals surface area contributed by atoms with Crippen molar-refractivity contribution in [1.29, 1.82) is 0 Å². The van der Waals surface area contributed by atoms with Gasteiger partial charge in [-0.15, -0.1) is 0 Å². The second-order valence-corrected chi connectivity index (χ2v) is 5.03. The third-order valence-corrected chi connectivity index (χ3v) is 3.55. The van der Waals surface area contributed by atoms with E-state index in [0.29, 0.717) is 0 Å². The van der Waals surface area contributed by atoms with Crippen molar-refractivity contribution < 1.29 is 20.1 Å². The maximum absolute atomic E-state index is 9.10. The number of rotatable bonds is 3. The highest BCUT2D eigenvalue weighted by atomic mass is 35.5. The van der Waals surface area contributed by atoms with E-state index >= 15 is 0 Å². The van der Waals surface area contributed by atoms with Crippen molar-refractivity contribution in [2.45, 2.75) is 0 Å². The van der Waals surface area contributed by atoms with Crippen molar-refractivity contribution in [2.75, 3.05) is 0 Å². The van der Waals surface area contributed by atoms with Crippen molar-refractivity contribution in [1.82, 2.24) is 0 Å². The maximum atomic E-state index is 9.10. The van der Waals surface area contributed by atoms with Gasteiger partial charge in [-0.2, -0.15) is 0 Å². The van der Waals surface area contributed by atoms with E-state index in [4.69, 9.17) is 43.3 Å². The van der Waals surface area contributed by atoms with Crippen molar-refractivity contribution in [2.24, 2.45) is 0 Å². The molecule has 0 aliphatic carbocycles. The molecule has 4 N–H and O–H groups in total. The van der Waals surface area contributed by atoms with Gasteiger partial charge < -0.3 is 20.1 Å². The highest BCUT2D eigenvalue weighted by molar-refractivity contribution is 6.63. The molecular formula is C12H10B2Cl2O4. The molecule has 4 nitrogen and oxygen atoms in total. The van der Waals surface area contributed by atoms with E-state index in [1.54, 1.807) is 24.3 Å². The van der Waals surface area contributed by atoms with Gasteiger partial charge in [-0.05, 0) is 23.3 Å². The van der Waals surface area contributed by atoms with E-state index in [9.17, 15) is 0 Å². The molecule has 102 valence electrons.